The van der Waals surface area contributed by atoms with Crippen LogP contribution >= 0.6 is 11.3 Å². The summed E-state index contributed by atoms with van der Waals surface area (Å²) in [7, 11) is 1.79. The molecule has 2 heterocycles. The van der Waals surface area contributed by atoms with Crippen LogP contribution in [0.3, 0.4) is 0 Å². The second-order valence-corrected chi connectivity index (χ2v) is 9.58. The van der Waals surface area contributed by atoms with Crippen LogP contribution in [0.2, 0.25) is 0 Å². The van der Waals surface area contributed by atoms with Crippen molar-refractivity contribution >= 4 is 52.2 Å². The van der Waals surface area contributed by atoms with Gasteiger partial charge in [0.2, 0.25) is 5.91 Å². The van der Waals surface area contributed by atoms with Crippen LogP contribution < -0.4 is 35.6 Å². The summed E-state index contributed by atoms with van der Waals surface area (Å²) in [4.78, 5) is 43.7. The molecule has 3 aromatic rings. The zero-order valence-corrected chi connectivity index (χ0v) is 22.6. The van der Waals surface area contributed by atoms with Crippen molar-refractivity contribution in [1.29, 1.82) is 5.26 Å². The predicted molar refractivity (Wildman–Crippen MR) is 147 cm³/mol. The van der Waals surface area contributed by atoms with Crippen LogP contribution in [0.5, 0.6) is 0 Å². The number of likely N-dealkylation sites (N-methyl/N-ethyl adjacent to an activating group) is 1. The van der Waals surface area contributed by atoms with E-state index in [1.807, 2.05) is 31.2 Å². The van der Waals surface area contributed by atoms with Gasteiger partial charge in [-0.25, -0.2) is 4.98 Å². The Balaban J connectivity index is 1.79. The molecule has 0 fully saturated rings. The number of alkyl halides is 3. The number of benzene rings is 1. The number of aromatic nitrogens is 2. The molecule has 0 aliphatic carbocycles. The molecule has 2 amide bonds. The van der Waals surface area contributed by atoms with Gasteiger partial charge in [-0.1, -0.05) is 18.2 Å². The highest BCUT2D eigenvalue weighted by Gasteiger charge is 2.29. The lowest BCUT2D eigenvalue weighted by Gasteiger charge is -2.19. The van der Waals surface area contributed by atoms with Crippen molar-refractivity contribution in [1.82, 2.24) is 14.9 Å². The van der Waals surface area contributed by atoms with E-state index in [4.69, 9.17) is 0 Å². The Hall–Kier alpha value is -4.64. The van der Waals surface area contributed by atoms with Gasteiger partial charge in [0.15, 0.2) is 5.57 Å². The monoisotopic (exact) mass is 573 g/mol. The van der Waals surface area contributed by atoms with Crippen molar-refractivity contribution in [3.8, 4) is 6.07 Å². The quantitative estimate of drug-likeness (QED) is 0.356. The van der Waals surface area contributed by atoms with Gasteiger partial charge < -0.3 is 20.9 Å². The lowest BCUT2D eigenvalue weighted by Crippen LogP contribution is -2.37. The molecule has 1 aromatic carbocycles. The zero-order valence-electron chi connectivity index (χ0n) is 21.8. The van der Waals surface area contributed by atoms with Gasteiger partial charge in [0.1, 0.15) is 33.4 Å². The van der Waals surface area contributed by atoms with Gasteiger partial charge in [0, 0.05) is 25.5 Å². The molecule has 0 aliphatic heterocycles. The van der Waals surface area contributed by atoms with Crippen LogP contribution in [0, 0.1) is 18.3 Å². The van der Waals surface area contributed by atoms with Gasteiger partial charge >= 0.3 is 6.18 Å². The van der Waals surface area contributed by atoms with E-state index in [0.29, 0.717) is 0 Å². The van der Waals surface area contributed by atoms with E-state index in [2.05, 4.69) is 15.6 Å². The van der Waals surface area contributed by atoms with Gasteiger partial charge in [-0.2, -0.15) is 18.4 Å². The molecule has 0 atom stereocenters. The Kier molecular flexibility index (Phi) is 9.68. The number of amides is 2. The van der Waals surface area contributed by atoms with Crippen LogP contribution in [-0.2, 0) is 16.1 Å². The molecular weight excluding hydrogens is 547 g/mol. The number of rotatable bonds is 9. The third-order valence-electron chi connectivity index (χ3n) is 5.42. The highest BCUT2D eigenvalue weighted by Crippen LogP contribution is 2.15. The van der Waals surface area contributed by atoms with E-state index in [1.54, 1.807) is 48.5 Å². The third kappa shape index (κ3) is 7.93. The average Bonchev–Trinajstić information content (AvgIpc) is 3.21. The fourth-order valence-corrected chi connectivity index (χ4v) is 4.62. The Bertz CT molecular complexity index is 1620. The first kappa shape index (κ1) is 29.9. The molecular formula is C26H26F3N7O3S. The Labute approximate surface area is 231 Å². The van der Waals surface area contributed by atoms with Crippen molar-refractivity contribution in [3.63, 3.8) is 0 Å². The topological polar surface area (TPSA) is 132 Å². The van der Waals surface area contributed by atoms with Crippen LogP contribution in [0.1, 0.15) is 12.5 Å². The van der Waals surface area contributed by atoms with Crippen LogP contribution in [-0.4, -0.2) is 47.7 Å². The lowest BCUT2D eigenvalue weighted by molar-refractivity contribution is -0.135. The van der Waals surface area contributed by atoms with Gasteiger partial charge in [-0.3, -0.25) is 19.0 Å². The maximum Gasteiger partial charge on any atom is 0.405 e. The van der Waals surface area contributed by atoms with Crippen molar-refractivity contribution in [2.45, 2.75) is 26.6 Å². The first-order valence-corrected chi connectivity index (χ1v) is 12.7. The zero-order chi connectivity index (χ0) is 29.4. The number of pyridine rings is 1. The van der Waals surface area contributed by atoms with Crippen molar-refractivity contribution in [2.75, 3.05) is 35.7 Å². The van der Waals surface area contributed by atoms with E-state index in [0.717, 1.165) is 27.2 Å². The average molecular weight is 574 g/mol. The van der Waals surface area contributed by atoms with Crippen molar-refractivity contribution in [3.05, 3.63) is 67.6 Å². The molecule has 210 valence electrons. The number of hydrogen-bond acceptors (Lipinski definition) is 8. The van der Waals surface area contributed by atoms with E-state index in [-0.39, 0.29) is 39.8 Å². The standard InChI is InChI=1S/C26H26F3N7O3S/c1-4-36-24(39)19(40-25(36)18(12-30)23(38)32-15-26(27,28)29)13-31-20-9-6-10-21(33-20)34-22(37)14-35(3)17-8-5-7-16(2)11-17/h5-11,13H,4,14-15H2,1-3H3,(H,32,38)(H2,31,33,34,37)/b19-13+,25-18-. The largest absolute Gasteiger partial charge is 0.405 e. The summed E-state index contributed by atoms with van der Waals surface area (Å²) < 4.78 is 38.6. The highest BCUT2D eigenvalue weighted by molar-refractivity contribution is 7.07. The highest BCUT2D eigenvalue weighted by atomic mass is 32.1. The normalized spacial score (nSPS) is 12.4. The van der Waals surface area contributed by atoms with Crippen LogP contribution in [0.15, 0.2) is 47.3 Å². The van der Waals surface area contributed by atoms with Gasteiger partial charge in [-0.15, -0.1) is 11.3 Å². The second-order valence-electron chi connectivity index (χ2n) is 8.55. The number of halogens is 3. The predicted octanol–water partition coefficient (Wildman–Crippen LogP) is 1.91. The number of carbonyl (C=O) groups excluding carboxylic acids is 2. The van der Waals surface area contributed by atoms with Gasteiger partial charge in [0.05, 0.1) is 6.54 Å². The molecule has 0 saturated heterocycles. The molecule has 3 N–H and O–H groups in total. The molecule has 0 bridgehead atoms. The Morgan fingerprint density at radius 1 is 1.20 bits per heavy atom. The van der Waals surface area contributed by atoms with Crippen molar-refractivity contribution < 1.29 is 22.8 Å². The molecule has 0 aliphatic rings. The number of hydrogen-bond donors (Lipinski definition) is 3. The fourth-order valence-electron chi connectivity index (χ4n) is 3.54. The molecule has 14 heteroatoms. The number of nitrogens with zero attached hydrogens (tertiary/aromatic N) is 4. The smallest absolute Gasteiger partial charge is 0.365 e. The minimum absolute atomic E-state index is 0.0746. The number of carbonyl (C=O) groups is 2. The summed E-state index contributed by atoms with van der Waals surface area (Å²) in [5, 5.41) is 16.6. The minimum Gasteiger partial charge on any atom is -0.365 e. The second kappa shape index (κ2) is 12.9. The number of aryl methyl sites for hydroxylation is 1. The van der Waals surface area contributed by atoms with E-state index < -0.39 is 29.8 Å². The summed E-state index contributed by atoms with van der Waals surface area (Å²) in [6.45, 7) is 2.10. The maximum absolute atomic E-state index is 12.8. The number of nitrogens with one attached hydrogen (secondary N) is 3. The number of anilines is 3. The summed E-state index contributed by atoms with van der Waals surface area (Å²) in [6.07, 6.45) is -3.35. The van der Waals surface area contributed by atoms with Crippen LogP contribution in [0.25, 0.3) is 11.8 Å². The first-order valence-electron chi connectivity index (χ1n) is 11.9. The molecule has 10 nitrogen and oxygen atoms in total. The Morgan fingerprint density at radius 2 is 1.90 bits per heavy atom. The molecule has 3 rings (SSSR count). The lowest BCUT2D eigenvalue weighted by atomic mass is 10.2. The van der Waals surface area contributed by atoms with E-state index >= 15 is 0 Å². The van der Waals surface area contributed by atoms with E-state index in [9.17, 15) is 32.8 Å². The third-order valence-corrected chi connectivity index (χ3v) is 6.55. The summed E-state index contributed by atoms with van der Waals surface area (Å²) >= 11 is 0.773. The first-order chi connectivity index (χ1) is 18.9. The number of nitriles is 1. The summed E-state index contributed by atoms with van der Waals surface area (Å²) in [5.41, 5.74) is 0.800. The van der Waals surface area contributed by atoms with Crippen LogP contribution in [0.4, 0.5) is 30.5 Å². The van der Waals surface area contributed by atoms with Crippen molar-refractivity contribution in [2.24, 2.45) is 0 Å². The molecule has 0 unspecified atom stereocenters. The minimum atomic E-state index is -4.66. The fraction of sp³-hybridized carbons (Fsp3) is 0.269. The maximum atomic E-state index is 12.8. The molecule has 0 radical (unpaired) electrons. The molecule has 2 aromatic heterocycles. The van der Waals surface area contributed by atoms with Gasteiger partial charge in [-0.05, 0) is 43.7 Å². The van der Waals surface area contributed by atoms with Gasteiger partial charge in [0.25, 0.3) is 11.5 Å². The molecule has 40 heavy (non-hydrogen) atoms. The SMILES string of the molecule is CCn1c(=O)/c(=C\Nc2cccc(NC(=O)CN(C)c3cccc(C)c3)n2)s/c1=C(/C#N)C(=O)NCC(F)(F)F. The summed E-state index contributed by atoms with van der Waals surface area (Å²) in [6, 6.07) is 14.1. The molecule has 0 saturated carbocycles. The van der Waals surface area contributed by atoms with E-state index in [1.165, 1.54) is 6.20 Å². The Morgan fingerprint density at radius 3 is 2.55 bits per heavy atom. The number of thiazole rings is 1. The summed E-state index contributed by atoms with van der Waals surface area (Å²) in [5.74, 6) is -0.981. The molecule has 0 spiro atoms.